The minimum atomic E-state index is -0.586. The van der Waals surface area contributed by atoms with E-state index in [2.05, 4.69) is 15.1 Å². The van der Waals surface area contributed by atoms with E-state index in [0.29, 0.717) is 21.1 Å². The molecule has 0 saturated heterocycles. The van der Waals surface area contributed by atoms with Gasteiger partial charge in [0, 0.05) is 24.2 Å². The van der Waals surface area contributed by atoms with Crippen molar-refractivity contribution in [1.29, 1.82) is 0 Å². The molecule has 0 saturated carbocycles. The van der Waals surface area contributed by atoms with E-state index < -0.39 is 11.7 Å². The number of carbonyl (C=O) groups excluding carboxylic acids is 1. The molecule has 8 heteroatoms. The smallest absolute Gasteiger partial charge is 0.261 e. The van der Waals surface area contributed by atoms with Crippen LogP contribution in [0.3, 0.4) is 0 Å². The molecule has 2 N–H and O–H groups in total. The molecule has 4 aromatic heterocycles. The van der Waals surface area contributed by atoms with Crippen LogP contribution in [0, 0.1) is 12.7 Å². The molecule has 154 valence electrons. The summed E-state index contributed by atoms with van der Waals surface area (Å²) in [5, 5.41) is 5.10. The second kappa shape index (κ2) is 8.85. The zero-order valence-corrected chi connectivity index (χ0v) is 17.4. The fraction of sp³-hybridized carbons (Fsp3) is 0.0435. The van der Waals surface area contributed by atoms with Crippen molar-refractivity contribution in [3.63, 3.8) is 0 Å². The third-order valence-electron chi connectivity index (χ3n) is 4.44. The van der Waals surface area contributed by atoms with E-state index in [0.717, 1.165) is 16.8 Å². The molecule has 0 aliphatic carbocycles. The largest absolute Gasteiger partial charge is 0.365 e. The van der Waals surface area contributed by atoms with Gasteiger partial charge in [-0.2, -0.15) is 5.10 Å². The summed E-state index contributed by atoms with van der Waals surface area (Å²) in [6, 6.07) is 17.4. The van der Waals surface area contributed by atoms with Crippen molar-refractivity contribution in [2.45, 2.75) is 6.92 Å². The molecule has 0 atom stereocenters. The number of hydrogen-bond acceptors (Lipinski definition) is 5. The summed E-state index contributed by atoms with van der Waals surface area (Å²) in [6.07, 6.45) is 5.35. The fourth-order valence-electron chi connectivity index (χ4n) is 3.12. The van der Waals surface area contributed by atoms with Crippen molar-refractivity contribution in [1.82, 2.24) is 19.6 Å². The molecule has 0 bridgehead atoms. The lowest BCUT2D eigenvalue weighted by Gasteiger charge is -1.99. The van der Waals surface area contributed by atoms with Crippen molar-refractivity contribution in [2.75, 3.05) is 0 Å². The van der Waals surface area contributed by atoms with E-state index in [1.807, 2.05) is 49.5 Å². The first-order valence-electron chi connectivity index (χ1n) is 9.40. The number of aromatic nitrogens is 4. The average Bonchev–Trinajstić information content (AvgIpc) is 3.36. The van der Waals surface area contributed by atoms with Gasteiger partial charge in [0.05, 0.1) is 22.5 Å². The van der Waals surface area contributed by atoms with E-state index in [-0.39, 0.29) is 0 Å². The Morgan fingerprint density at radius 3 is 2.52 bits per heavy atom. The van der Waals surface area contributed by atoms with E-state index in [1.165, 1.54) is 23.5 Å². The number of nitrogens with zero attached hydrogens (tertiary/aromatic N) is 4. The van der Waals surface area contributed by atoms with E-state index in [9.17, 15) is 9.18 Å². The molecule has 1 amide bonds. The maximum atomic E-state index is 13.6. The summed E-state index contributed by atoms with van der Waals surface area (Å²) >= 11 is 1.19. The Bertz CT molecular complexity index is 1320. The Morgan fingerprint density at radius 1 is 1.06 bits per heavy atom. The van der Waals surface area contributed by atoms with Gasteiger partial charge in [0.25, 0.3) is 5.91 Å². The number of fused-ring (bicyclic) bond motifs is 1. The third kappa shape index (κ3) is 4.34. The summed E-state index contributed by atoms with van der Waals surface area (Å²) in [5.41, 5.74) is 8.96. The number of thiazole rings is 1. The van der Waals surface area contributed by atoms with Gasteiger partial charge < -0.3 is 5.73 Å². The van der Waals surface area contributed by atoms with Crippen LogP contribution in [-0.2, 0) is 0 Å². The van der Waals surface area contributed by atoms with Crippen LogP contribution in [-0.4, -0.2) is 25.5 Å². The van der Waals surface area contributed by atoms with Crippen LogP contribution in [0.4, 0.5) is 4.39 Å². The summed E-state index contributed by atoms with van der Waals surface area (Å²) in [4.78, 5) is 20.6. The molecule has 0 unspecified atom stereocenters. The van der Waals surface area contributed by atoms with Crippen LogP contribution in [0.25, 0.3) is 27.3 Å². The normalized spacial score (nSPS) is 10.5. The first-order valence-corrected chi connectivity index (χ1v) is 10.2. The van der Waals surface area contributed by atoms with Gasteiger partial charge in [-0.1, -0.05) is 24.3 Å². The number of nitrogens with two attached hydrogens (primary N) is 1. The number of benzene rings is 1. The second-order valence-corrected chi connectivity index (χ2v) is 7.59. The highest BCUT2D eigenvalue weighted by atomic mass is 32.1. The van der Waals surface area contributed by atoms with Crippen molar-refractivity contribution in [2.24, 2.45) is 5.73 Å². The van der Waals surface area contributed by atoms with Gasteiger partial charge in [-0.3, -0.25) is 9.78 Å². The molecular formula is C23H18FN5OS. The summed E-state index contributed by atoms with van der Waals surface area (Å²) in [5.74, 6) is -0.980. The topological polar surface area (TPSA) is 86.2 Å². The maximum absolute atomic E-state index is 13.6. The predicted octanol–water partition coefficient (Wildman–Crippen LogP) is 4.75. The molecule has 0 spiro atoms. The number of carbonyl (C=O) groups is 1. The van der Waals surface area contributed by atoms with Crippen LogP contribution in [0.2, 0.25) is 0 Å². The zero-order valence-electron chi connectivity index (χ0n) is 16.6. The molecule has 5 rings (SSSR count). The highest BCUT2D eigenvalue weighted by molar-refractivity contribution is 7.17. The molecule has 4 heterocycles. The standard InChI is InChI=1S/C18H13FN4OS.C5H5N/c1-10-14(13-7-2-3-8-23(13)22-10)18-21-15(16(25-18)17(20)24)11-5-4-6-12(19)9-11;1-2-4-6-5-3-1/h2-9H,1H3,(H2,20,24);1-5H. The van der Waals surface area contributed by atoms with Gasteiger partial charge in [0.1, 0.15) is 15.7 Å². The van der Waals surface area contributed by atoms with Gasteiger partial charge in [-0.05, 0) is 43.3 Å². The molecule has 31 heavy (non-hydrogen) atoms. The van der Waals surface area contributed by atoms with Crippen molar-refractivity contribution in [3.05, 3.63) is 95.6 Å². The molecular weight excluding hydrogens is 413 g/mol. The Labute approximate surface area is 181 Å². The first-order chi connectivity index (χ1) is 15.0. The number of primary amides is 1. The summed E-state index contributed by atoms with van der Waals surface area (Å²) < 4.78 is 15.3. The van der Waals surface area contributed by atoms with Gasteiger partial charge in [-0.15, -0.1) is 11.3 Å². The Balaban J connectivity index is 0.000000334. The minimum absolute atomic E-state index is 0.301. The Kier molecular flexibility index (Phi) is 5.81. The van der Waals surface area contributed by atoms with Crippen LogP contribution >= 0.6 is 11.3 Å². The lowest BCUT2D eigenvalue weighted by molar-refractivity contribution is 0.100. The monoisotopic (exact) mass is 431 g/mol. The lowest BCUT2D eigenvalue weighted by atomic mass is 10.1. The van der Waals surface area contributed by atoms with Crippen molar-refractivity contribution >= 4 is 22.8 Å². The summed E-state index contributed by atoms with van der Waals surface area (Å²) in [6.45, 7) is 1.88. The number of hydrogen-bond donors (Lipinski definition) is 1. The molecule has 0 aliphatic rings. The van der Waals surface area contributed by atoms with Crippen molar-refractivity contribution < 1.29 is 9.18 Å². The molecule has 1 aromatic carbocycles. The lowest BCUT2D eigenvalue weighted by Crippen LogP contribution is -2.10. The highest BCUT2D eigenvalue weighted by Crippen LogP contribution is 2.37. The SMILES string of the molecule is Cc1nn2ccccc2c1-c1nc(-c2cccc(F)c2)c(C(N)=O)s1.c1ccncc1. The van der Waals surface area contributed by atoms with Crippen LogP contribution in [0.15, 0.2) is 79.3 Å². The molecule has 0 aliphatic heterocycles. The molecule has 5 aromatic rings. The van der Waals surface area contributed by atoms with Gasteiger partial charge in [-0.25, -0.2) is 13.9 Å². The number of halogens is 1. The fourth-order valence-corrected chi connectivity index (χ4v) is 4.16. The van der Waals surface area contributed by atoms with Gasteiger partial charge >= 0.3 is 0 Å². The third-order valence-corrected chi connectivity index (χ3v) is 5.53. The van der Waals surface area contributed by atoms with Gasteiger partial charge in [0.2, 0.25) is 0 Å². The maximum Gasteiger partial charge on any atom is 0.261 e. The van der Waals surface area contributed by atoms with Crippen LogP contribution in [0.5, 0.6) is 0 Å². The molecule has 6 nitrogen and oxygen atoms in total. The second-order valence-electron chi connectivity index (χ2n) is 6.59. The Morgan fingerprint density at radius 2 is 1.87 bits per heavy atom. The van der Waals surface area contributed by atoms with Crippen LogP contribution < -0.4 is 5.73 Å². The van der Waals surface area contributed by atoms with E-state index >= 15 is 0 Å². The van der Waals surface area contributed by atoms with Crippen LogP contribution in [0.1, 0.15) is 15.4 Å². The number of aryl methyl sites for hydroxylation is 1. The highest BCUT2D eigenvalue weighted by Gasteiger charge is 2.22. The van der Waals surface area contributed by atoms with Crippen molar-refractivity contribution in [3.8, 4) is 21.8 Å². The number of rotatable bonds is 3. The zero-order chi connectivity index (χ0) is 21.8. The van der Waals surface area contributed by atoms with E-state index in [1.54, 1.807) is 29.0 Å². The summed E-state index contributed by atoms with van der Waals surface area (Å²) in [7, 11) is 0. The number of pyridine rings is 2. The van der Waals surface area contributed by atoms with E-state index in [4.69, 9.17) is 5.73 Å². The number of amides is 1. The Hall–Kier alpha value is -3.91. The first kappa shape index (κ1) is 20.4. The quantitative estimate of drug-likeness (QED) is 0.447. The predicted molar refractivity (Wildman–Crippen MR) is 119 cm³/mol. The minimum Gasteiger partial charge on any atom is -0.365 e. The average molecular weight is 431 g/mol. The molecule has 0 radical (unpaired) electrons. The van der Waals surface area contributed by atoms with Gasteiger partial charge in [0.15, 0.2) is 0 Å². The molecule has 0 fully saturated rings.